The van der Waals surface area contributed by atoms with Gasteiger partial charge in [0.05, 0.1) is 18.4 Å². The van der Waals surface area contributed by atoms with Crippen LogP contribution in [0.1, 0.15) is 110 Å². The van der Waals surface area contributed by atoms with Crippen LogP contribution in [0.25, 0.3) is 0 Å². The number of carbonyl (C=O) groups is 2. The first-order valence-electron chi connectivity index (χ1n) is 11.9. The van der Waals surface area contributed by atoms with Crippen molar-refractivity contribution in [2.75, 3.05) is 6.61 Å². The average molecular weight is 395 g/mol. The summed E-state index contributed by atoms with van der Waals surface area (Å²) in [7, 11) is 0. The summed E-state index contributed by atoms with van der Waals surface area (Å²) < 4.78 is 11.3. The predicted octanol–water partition coefficient (Wildman–Crippen LogP) is 6.21. The van der Waals surface area contributed by atoms with Crippen LogP contribution in [0.5, 0.6) is 0 Å². The molecular weight excluding hydrogens is 352 g/mol. The van der Waals surface area contributed by atoms with E-state index in [2.05, 4.69) is 13.8 Å². The number of esters is 2. The largest absolute Gasteiger partial charge is 0.465 e. The van der Waals surface area contributed by atoms with Gasteiger partial charge in [0.15, 0.2) is 0 Å². The second-order valence-electron chi connectivity index (χ2n) is 9.31. The topological polar surface area (TPSA) is 52.6 Å². The summed E-state index contributed by atoms with van der Waals surface area (Å²) in [6.07, 6.45) is 16.2. The van der Waals surface area contributed by atoms with Gasteiger partial charge in [0.1, 0.15) is 6.10 Å². The summed E-state index contributed by atoms with van der Waals surface area (Å²) in [5.74, 6) is -0.131. The zero-order valence-corrected chi connectivity index (χ0v) is 18.3. The molecule has 2 unspecified atom stereocenters. The van der Waals surface area contributed by atoms with Crippen molar-refractivity contribution >= 4 is 11.9 Å². The van der Waals surface area contributed by atoms with Gasteiger partial charge in [-0.25, -0.2) is 0 Å². The van der Waals surface area contributed by atoms with Crippen LogP contribution in [0.3, 0.4) is 0 Å². The summed E-state index contributed by atoms with van der Waals surface area (Å²) in [6.45, 7) is 5.02. The molecule has 2 aliphatic carbocycles. The first-order valence-corrected chi connectivity index (χ1v) is 11.9. The minimum absolute atomic E-state index is 0.0653. The molecule has 0 aromatic heterocycles. The van der Waals surface area contributed by atoms with Crippen LogP contribution in [-0.2, 0) is 19.1 Å². The second kappa shape index (κ2) is 13.2. The highest BCUT2D eigenvalue weighted by atomic mass is 16.5. The first kappa shape index (κ1) is 23.2. The maximum absolute atomic E-state index is 12.7. The molecule has 2 saturated carbocycles. The third kappa shape index (κ3) is 8.53. The first-order chi connectivity index (χ1) is 13.6. The summed E-state index contributed by atoms with van der Waals surface area (Å²) in [6, 6.07) is 0. The molecule has 0 aromatic rings. The minimum Gasteiger partial charge on any atom is -0.465 e. The van der Waals surface area contributed by atoms with Gasteiger partial charge in [-0.15, -0.1) is 0 Å². The number of hydrogen-bond acceptors (Lipinski definition) is 4. The van der Waals surface area contributed by atoms with Gasteiger partial charge < -0.3 is 9.47 Å². The van der Waals surface area contributed by atoms with Crippen molar-refractivity contribution in [2.24, 2.45) is 17.8 Å². The van der Waals surface area contributed by atoms with Crippen molar-refractivity contribution in [3.8, 4) is 0 Å². The molecule has 162 valence electrons. The van der Waals surface area contributed by atoms with Gasteiger partial charge in [-0.3, -0.25) is 9.59 Å². The van der Waals surface area contributed by atoms with Crippen molar-refractivity contribution in [3.63, 3.8) is 0 Å². The van der Waals surface area contributed by atoms with Crippen molar-refractivity contribution in [3.05, 3.63) is 0 Å². The molecule has 0 radical (unpaired) electrons. The van der Waals surface area contributed by atoms with Gasteiger partial charge in [0.25, 0.3) is 0 Å². The number of carbonyl (C=O) groups excluding carboxylic acids is 2. The molecule has 4 heteroatoms. The number of hydrogen-bond donors (Lipinski definition) is 0. The van der Waals surface area contributed by atoms with Gasteiger partial charge in [0, 0.05) is 0 Å². The highest BCUT2D eigenvalue weighted by Crippen LogP contribution is 2.33. The Balaban J connectivity index is 1.65. The summed E-state index contributed by atoms with van der Waals surface area (Å²) in [4.78, 5) is 25.3. The standard InChI is InChI=1S/C24H42O4/c1-19(2)13-7-4-3-5-12-18-27-23(25)21-16-10-11-17-22(21)24(26)28-20-14-8-6-9-15-20/h19-22H,3-18H2,1-2H3. The van der Waals surface area contributed by atoms with Gasteiger partial charge in [-0.05, 0) is 50.9 Å². The Kier molecular flexibility index (Phi) is 11.0. The van der Waals surface area contributed by atoms with Crippen molar-refractivity contribution in [1.82, 2.24) is 0 Å². The van der Waals surface area contributed by atoms with Gasteiger partial charge >= 0.3 is 11.9 Å². The SMILES string of the molecule is CC(C)CCCCCCCOC(=O)C1CCCCC1C(=O)OC1CCCCC1. The van der Waals surface area contributed by atoms with Crippen molar-refractivity contribution in [2.45, 2.75) is 116 Å². The number of unbranched alkanes of at least 4 members (excludes halogenated alkanes) is 4. The van der Waals surface area contributed by atoms with Crippen LogP contribution >= 0.6 is 0 Å². The van der Waals surface area contributed by atoms with E-state index in [9.17, 15) is 9.59 Å². The fourth-order valence-corrected chi connectivity index (χ4v) is 4.59. The Morgan fingerprint density at radius 3 is 2.00 bits per heavy atom. The van der Waals surface area contributed by atoms with Crippen molar-refractivity contribution < 1.29 is 19.1 Å². The fourth-order valence-electron chi connectivity index (χ4n) is 4.59. The van der Waals surface area contributed by atoms with E-state index in [1.165, 1.54) is 32.1 Å². The molecule has 0 amide bonds. The maximum Gasteiger partial charge on any atom is 0.310 e. The van der Waals surface area contributed by atoms with E-state index in [0.717, 1.165) is 70.1 Å². The van der Waals surface area contributed by atoms with E-state index in [4.69, 9.17) is 9.47 Å². The van der Waals surface area contributed by atoms with Crippen LogP contribution < -0.4 is 0 Å². The Bertz CT molecular complexity index is 454. The van der Waals surface area contributed by atoms with E-state index in [-0.39, 0.29) is 29.9 Å². The van der Waals surface area contributed by atoms with E-state index in [1.54, 1.807) is 0 Å². The highest BCUT2D eigenvalue weighted by molar-refractivity contribution is 5.82. The third-order valence-corrected chi connectivity index (χ3v) is 6.38. The summed E-state index contributed by atoms with van der Waals surface area (Å²) >= 11 is 0. The normalized spacial score (nSPS) is 23.5. The van der Waals surface area contributed by atoms with Crippen LogP contribution in [-0.4, -0.2) is 24.6 Å². The average Bonchev–Trinajstić information content (AvgIpc) is 2.70. The third-order valence-electron chi connectivity index (χ3n) is 6.38. The molecule has 2 aliphatic rings. The zero-order valence-electron chi connectivity index (χ0n) is 18.3. The van der Waals surface area contributed by atoms with Gasteiger partial charge in [-0.1, -0.05) is 65.2 Å². The van der Waals surface area contributed by atoms with Crippen LogP contribution in [0.2, 0.25) is 0 Å². The summed E-state index contributed by atoms with van der Waals surface area (Å²) in [5, 5.41) is 0. The molecule has 2 rings (SSSR count). The zero-order chi connectivity index (χ0) is 20.2. The lowest BCUT2D eigenvalue weighted by atomic mass is 9.79. The fraction of sp³-hybridized carbons (Fsp3) is 0.917. The molecule has 4 nitrogen and oxygen atoms in total. The minimum atomic E-state index is -0.295. The second-order valence-corrected chi connectivity index (χ2v) is 9.31. The Morgan fingerprint density at radius 1 is 0.750 bits per heavy atom. The monoisotopic (exact) mass is 394 g/mol. The summed E-state index contributed by atoms with van der Waals surface area (Å²) in [5.41, 5.74) is 0. The highest BCUT2D eigenvalue weighted by Gasteiger charge is 2.38. The lowest BCUT2D eigenvalue weighted by Crippen LogP contribution is -2.37. The molecule has 2 fully saturated rings. The molecule has 2 atom stereocenters. The number of ether oxygens (including phenoxy) is 2. The van der Waals surface area contributed by atoms with Crippen LogP contribution in [0, 0.1) is 17.8 Å². The molecular formula is C24H42O4. The molecule has 0 N–H and O–H groups in total. The van der Waals surface area contributed by atoms with Crippen molar-refractivity contribution in [1.29, 1.82) is 0 Å². The molecule has 0 spiro atoms. The van der Waals surface area contributed by atoms with E-state index < -0.39 is 0 Å². The smallest absolute Gasteiger partial charge is 0.310 e. The molecule has 0 heterocycles. The molecule has 0 saturated heterocycles. The Labute approximate surface area is 172 Å². The molecule has 28 heavy (non-hydrogen) atoms. The number of rotatable bonds is 11. The maximum atomic E-state index is 12.7. The predicted molar refractivity (Wildman–Crippen MR) is 112 cm³/mol. The quantitative estimate of drug-likeness (QED) is 0.309. The van der Waals surface area contributed by atoms with Gasteiger partial charge in [0.2, 0.25) is 0 Å². The van der Waals surface area contributed by atoms with Crippen LogP contribution in [0.4, 0.5) is 0 Å². The molecule has 0 aromatic carbocycles. The Hall–Kier alpha value is -1.06. The van der Waals surface area contributed by atoms with E-state index >= 15 is 0 Å². The lowest BCUT2D eigenvalue weighted by molar-refractivity contribution is -0.167. The van der Waals surface area contributed by atoms with E-state index in [0.29, 0.717) is 6.61 Å². The van der Waals surface area contributed by atoms with Crippen LogP contribution in [0.15, 0.2) is 0 Å². The molecule has 0 aliphatic heterocycles. The lowest BCUT2D eigenvalue weighted by Gasteiger charge is -2.30. The molecule has 0 bridgehead atoms. The van der Waals surface area contributed by atoms with Gasteiger partial charge in [-0.2, -0.15) is 0 Å². The Morgan fingerprint density at radius 2 is 1.32 bits per heavy atom. The van der Waals surface area contributed by atoms with E-state index in [1.807, 2.05) is 0 Å².